The van der Waals surface area contributed by atoms with E-state index in [1.54, 1.807) is 25.1 Å². The summed E-state index contributed by atoms with van der Waals surface area (Å²) in [6, 6.07) is 13.6. The Morgan fingerprint density at radius 3 is 2.47 bits per heavy atom. The minimum Gasteiger partial charge on any atom is -0.379 e. The highest BCUT2D eigenvalue weighted by Gasteiger charge is 2.26. The first-order valence-electron chi connectivity index (χ1n) is 11.1. The highest BCUT2D eigenvalue weighted by molar-refractivity contribution is 7.89. The molecule has 1 fully saturated rings. The first kappa shape index (κ1) is 24.3. The summed E-state index contributed by atoms with van der Waals surface area (Å²) in [7, 11) is -3.65. The molecule has 0 unspecified atom stereocenters. The van der Waals surface area contributed by atoms with Gasteiger partial charge in [0.15, 0.2) is 0 Å². The molecule has 1 amide bonds. The number of aromatic nitrogens is 3. The van der Waals surface area contributed by atoms with Gasteiger partial charge in [0.05, 0.1) is 29.5 Å². The number of aryl methyl sites for hydroxylation is 1. The van der Waals surface area contributed by atoms with Crippen LogP contribution >= 0.6 is 11.3 Å². The van der Waals surface area contributed by atoms with Crippen LogP contribution in [0, 0.1) is 12.7 Å². The number of nitrogens with zero attached hydrogens (tertiary/aromatic N) is 4. The Kier molecular flexibility index (Phi) is 6.67. The minimum absolute atomic E-state index is 0.123. The number of thiazole rings is 1. The topological polar surface area (TPSA) is 106 Å². The van der Waals surface area contributed by atoms with Crippen molar-refractivity contribution in [1.29, 1.82) is 0 Å². The fourth-order valence-electron chi connectivity index (χ4n) is 3.75. The molecule has 0 atom stereocenters. The molecule has 4 aromatic rings. The Balaban J connectivity index is 1.34. The van der Waals surface area contributed by atoms with Gasteiger partial charge in [0.25, 0.3) is 5.91 Å². The number of nitrogens with one attached hydrogen (secondary N) is 1. The van der Waals surface area contributed by atoms with Gasteiger partial charge >= 0.3 is 0 Å². The van der Waals surface area contributed by atoms with Crippen molar-refractivity contribution in [2.75, 3.05) is 31.6 Å². The van der Waals surface area contributed by atoms with Gasteiger partial charge in [0, 0.05) is 35.7 Å². The quantitative estimate of drug-likeness (QED) is 0.410. The number of hydrogen-bond acceptors (Lipinski definition) is 7. The van der Waals surface area contributed by atoms with E-state index in [-0.39, 0.29) is 10.7 Å². The predicted molar refractivity (Wildman–Crippen MR) is 133 cm³/mol. The summed E-state index contributed by atoms with van der Waals surface area (Å²) >= 11 is 1.33. The first-order valence-corrected chi connectivity index (χ1v) is 13.4. The number of carbonyl (C=O) groups is 1. The molecule has 12 heteroatoms. The summed E-state index contributed by atoms with van der Waals surface area (Å²) in [6.07, 6.45) is 0. The Morgan fingerprint density at radius 1 is 1.08 bits per heavy atom. The maximum Gasteiger partial charge on any atom is 0.256 e. The molecule has 0 saturated carbocycles. The van der Waals surface area contributed by atoms with Gasteiger partial charge in [-0.25, -0.2) is 17.8 Å². The van der Waals surface area contributed by atoms with Crippen molar-refractivity contribution < 1.29 is 22.3 Å². The van der Waals surface area contributed by atoms with Gasteiger partial charge in [-0.15, -0.1) is 11.3 Å². The largest absolute Gasteiger partial charge is 0.379 e. The number of rotatable bonds is 6. The third-order valence-corrected chi connectivity index (χ3v) is 8.34. The molecule has 5 rings (SSSR count). The van der Waals surface area contributed by atoms with Crippen LogP contribution in [0.4, 0.5) is 10.2 Å². The molecular weight excluding hydrogens is 505 g/mol. The number of morpholine rings is 1. The number of carbonyl (C=O) groups excluding carboxylic acids is 1. The minimum atomic E-state index is -3.65. The number of anilines is 1. The van der Waals surface area contributed by atoms with Gasteiger partial charge in [0.2, 0.25) is 15.2 Å². The van der Waals surface area contributed by atoms with Crippen LogP contribution in [0.3, 0.4) is 0 Å². The number of hydrogen-bond donors (Lipinski definition) is 1. The number of amides is 1. The zero-order valence-corrected chi connectivity index (χ0v) is 20.9. The van der Waals surface area contributed by atoms with Crippen LogP contribution in [-0.2, 0) is 14.8 Å². The summed E-state index contributed by atoms with van der Waals surface area (Å²) in [6.45, 7) is 3.11. The fourth-order valence-corrected chi connectivity index (χ4v) is 5.96. The molecule has 2 aromatic heterocycles. The van der Waals surface area contributed by atoms with E-state index in [0.29, 0.717) is 54.2 Å². The van der Waals surface area contributed by atoms with Gasteiger partial charge in [-0.2, -0.15) is 14.1 Å². The van der Waals surface area contributed by atoms with Gasteiger partial charge in [0.1, 0.15) is 11.6 Å². The van der Waals surface area contributed by atoms with Crippen molar-refractivity contribution in [3.05, 3.63) is 77.1 Å². The Morgan fingerprint density at radius 2 is 1.78 bits per heavy atom. The van der Waals surface area contributed by atoms with E-state index in [1.807, 2.05) is 5.38 Å². The fraction of sp³-hybridized carbons (Fsp3) is 0.208. The molecule has 0 bridgehead atoms. The van der Waals surface area contributed by atoms with Gasteiger partial charge in [-0.3, -0.25) is 4.79 Å². The van der Waals surface area contributed by atoms with E-state index in [9.17, 15) is 17.6 Å². The lowest BCUT2D eigenvalue weighted by molar-refractivity contribution is 0.0730. The number of ether oxygens (including phenoxy) is 1. The number of halogens is 1. The lowest BCUT2D eigenvalue weighted by Crippen LogP contribution is -2.40. The van der Waals surface area contributed by atoms with E-state index >= 15 is 0 Å². The number of sulfonamides is 1. The highest BCUT2D eigenvalue weighted by atomic mass is 32.2. The van der Waals surface area contributed by atoms with E-state index in [2.05, 4.69) is 15.4 Å². The first-order chi connectivity index (χ1) is 17.3. The Bertz CT molecular complexity index is 1490. The van der Waals surface area contributed by atoms with Gasteiger partial charge < -0.3 is 10.1 Å². The lowest BCUT2D eigenvalue weighted by Gasteiger charge is -2.26. The molecular formula is C24H22FN5O4S2. The molecule has 1 aliphatic rings. The average Bonchev–Trinajstić information content (AvgIpc) is 3.51. The Labute approximate surface area is 211 Å². The van der Waals surface area contributed by atoms with E-state index in [1.165, 1.54) is 56.7 Å². The normalized spacial score (nSPS) is 14.6. The van der Waals surface area contributed by atoms with Crippen LogP contribution < -0.4 is 5.32 Å². The molecule has 2 aromatic carbocycles. The standard InChI is InChI=1S/C24H22FN5O4S2/c1-16-14-22(30(28-16)24-26-21(15-35-24)17-2-6-19(25)7-3-17)27-23(31)18-4-8-20(9-5-18)36(32,33)29-10-12-34-13-11-29/h2-9,14-15H,10-13H2,1H3,(H,27,31). The second-order valence-electron chi connectivity index (χ2n) is 8.10. The van der Waals surface area contributed by atoms with Crippen molar-refractivity contribution in [2.45, 2.75) is 11.8 Å². The van der Waals surface area contributed by atoms with Crippen molar-refractivity contribution in [1.82, 2.24) is 19.1 Å². The van der Waals surface area contributed by atoms with Crippen LogP contribution in [-0.4, -0.2) is 59.7 Å². The zero-order valence-electron chi connectivity index (χ0n) is 19.2. The second kappa shape index (κ2) is 9.90. The van der Waals surface area contributed by atoms with Crippen LogP contribution in [0.2, 0.25) is 0 Å². The molecule has 9 nitrogen and oxygen atoms in total. The van der Waals surface area contributed by atoms with E-state index < -0.39 is 15.9 Å². The molecule has 0 aliphatic carbocycles. The molecule has 0 spiro atoms. The SMILES string of the molecule is Cc1cc(NC(=O)c2ccc(S(=O)(=O)N3CCOCC3)cc2)n(-c2nc(-c3ccc(F)cc3)cs2)n1. The van der Waals surface area contributed by atoms with Crippen LogP contribution in [0.15, 0.2) is 64.9 Å². The summed E-state index contributed by atoms with van der Waals surface area (Å²) in [5.74, 6) is -0.321. The van der Waals surface area contributed by atoms with Crippen molar-refractivity contribution in [2.24, 2.45) is 0 Å². The Hall–Kier alpha value is -3.45. The third-order valence-electron chi connectivity index (χ3n) is 5.61. The summed E-state index contributed by atoms with van der Waals surface area (Å²) < 4.78 is 47.0. The molecule has 1 N–H and O–H groups in total. The van der Waals surface area contributed by atoms with Crippen LogP contribution in [0.1, 0.15) is 16.1 Å². The summed E-state index contributed by atoms with van der Waals surface area (Å²) in [5.41, 5.74) is 2.40. The third kappa shape index (κ3) is 4.93. The molecule has 3 heterocycles. The van der Waals surface area contributed by atoms with Crippen molar-refractivity contribution in [3.8, 4) is 16.4 Å². The van der Waals surface area contributed by atoms with Gasteiger partial charge in [-0.05, 0) is 55.5 Å². The van der Waals surface area contributed by atoms with Crippen molar-refractivity contribution in [3.63, 3.8) is 0 Å². The summed E-state index contributed by atoms with van der Waals surface area (Å²) in [5, 5.41) is 9.63. The van der Waals surface area contributed by atoms with E-state index in [4.69, 9.17) is 4.74 Å². The maximum absolute atomic E-state index is 13.2. The highest BCUT2D eigenvalue weighted by Crippen LogP contribution is 2.27. The number of benzene rings is 2. The molecule has 1 aliphatic heterocycles. The zero-order chi connectivity index (χ0) is 25.3. The van der Waals surface area contributed by atoms with Crippen molar-refractivity contribution >= 4 is 33.1 Å². The second-order valence-corrected chi connectivity index (χ2v) is 10.9. The maximum atomic E-state index is 13.2. The summed E-state index contributed by atoms with van der Waals surface area (Å²) in [4.78, 5) is 17.7. The van der Waals surface area contributed by atoms with Gasteiger partial charge in [-0.1, -0.05) is 0 Å². The monoisotopic (exact) mass is 527 g/mol. The van der Waals surface area contributed by atoms with Crippen LogP contribution in [0.5, 0.6) is 0 Å². The molecule has 36 heavy (non-hydrogen) atoms. The average molecular weight is 528 g/mol. The molecule has 1 saturated heterocycles. The van der Waals surface area contributed by atoms with E-state index in [0.717, 1.165) is 5.56 Å². The predicted octanol–water partition coefficient (Wildman–Crippen LogP) is 3.72. The molecule has 186 valence electrons. The lowest BCUT2D eigenvalue weighted by atomic mass is 10.2. The smallest absolute Gasteiger partial charge is 0.256 e. The molecule has 0 radical (unpaired) electrons. The van der Waals surface area contributed by atoms with Crippen LogP contribution in [0.25, 0.3) is 16.4 Å².